The van der Waals surface area contributed by atoms with Crippen molar-refractivity contribution in [3.05, 3.63) is 65.7 Å². The fraction of sp³-hybridized carbons (Fsp3) is 0.0667. The van der Waals surface area contributed by atoms with E-state index in [4.69, 9.17) is 10.5 Å². The summed E-state index contributed by atoms with van der Waals surface area (Å²) in [5, 5.41) is 4.06. The van der Waals surface area contributed by atoms with E-state index >= 15 is 0 Å². The van der Waals surface area contributed by atoms with Gasteiger partial charge >= 0.3 is 0 Å². The SMILES string of the molecule is NC(=S)N/N=C\c1ccccc1OCc1ccccc1. The number of rotatable bonds is 5. The standard InChI is InChI=1S/C15H15N3OS/c16-15(20)18-17-10-13-8-4-5-9-14(13)19-11-12-6-2-1-3-7-12/h1-10H,11H2,(H3,16,18,20)/b17-10-. The van der Waals surface area contributed by atoms with E-state index in [2.05, 4.69) is 22.7 Å². The molecular formula is C15H15N3OS. The van der Waals surface area contributed by atoms with Crippen LogP contribution in [0.15, 0.2) is 59.7 Å². The zero-order chi connectivity index (χ0) is 14.2. The lowest BCUT2D eigenvalue weighted by Crippen LogP contribution is -2.24. The van der Waals surface area contributed by atoms with Crippen molar-refractivity contribution in [3.8, 4) is 5.75 Å². The number of para-hydroxylation sites is 1. The van der Waals surface area contributed by atoms with Gasteiger partial charge in [-0.3, -0.25) is 5.43 Å². The van der Waals surface area contributed by atoms with Crippen LogP contribution in [0, 0.1) is 0 Å². The topological polar surface area (TPSA) is 59.6 Å². The van der Waals surface area contributed by atoms with E-state index in [1.807, 2.05) is 54.6 Å². The molecule has 0 unspecified atom stereocenters. The number of thiocarbonyl (C=S) groups is 1. The zero-order valence-corrected chi connectivity index (χ0v) is 11.6. The molecule has 0 atom stereocenters. The van der Waals surface area contributed by atoms with Crippen LogP contribution < -0.4 is 15.9 Å². The fourth-order valence-electron chi connectivity index (χ4n) is 1.62. The Kier molecular flexibility index (Phi) is 5.08. The van der Waals surface area contributed by atoms with Crippen LogP contribution in [0.5, 0.6) is 5.75 Å². The first kappa shape index (κ1) is 14.0. The first-order chi connectivity index (χ1) is 9.75. The summed E-state index contributed by atoms with van der Waals surface area (Å²) in [5.41, 5.74) is 9.79. The Morgan fingerprint density at radius 3 is 2.60 bits per heavy atom. The summed E-state index contributed by atoms with van der Waals surface area (Å²) in [5.74, 6) is 0.754. The van der Waals surface area contributed by atoms with E-state index in [0.29, 0.717) is 6.61 Å². The van der Waals surface area contributed by atoms with Gasteiger partial charge in [0.05, 0.1) is 6.21 Å². The maximum atomic E-state index is 5.80. The number of nitrogens with one attached hydrogen (secondary N) is 1. The van der Waals surface area contributed by atoms with Gasteiger partial charge in [0.1, 0.15) is 12.4 Å². The van der Waals surface area contributed by atoms with Crippen LogP contribution in [0.2, 0.25) is 0 Å². The number of ether oxygens (including phenoxy) is 1. The molecule has 4 nitrogen and oxygen atoms in total. The molecule has 0 radical (unpaired) electrons. The van der Waals surface area contributed by atoms with Crippen LogP contribution in [0.3, 0.4) is 0 Å². The largest absolute Gasteiger partial charge is 0.488 e. The maximum absolute atomic E-state index is 5.80. The van der Waals surface area contributed by atoms with E-state index in [0.717, 1.165) is 16.9 Å². The summed E-state index contributed by atoms with van der Waals surface area (Å²) in [6, 6.07) is 17.6. The van der Waals surface area contributed by atoms with Crippen molar-refractivity contribution >= 4 is 23.5 Å². The average Bonchev–Trinajstić information content (AvgIpc) is 2.47. The number of hydrazone groups is 1. The van der Waals surface area contributed by atoms with Crippen LogP contribution in [-0.4, -0.2) is 11.3 Å². The van der Waals surface area contributed by atoms with E-state index in [-0.39, 0.29) is 5.11 Å². The first-order valence-corrected chi connectivity index (χ1v) is 6.51. The minimum atomic E-state index is 0.129. The summed E-state index contributed by atoms with van der Waals surface area (Å²) < 4.78 is 5.80. The second-order valence-electron chi connectivity index (χ2n) is 4.05. The number of nitrogens with two attached hydrogens (primary N) is 1. The molecule has 102 valence electrons. The monoisotopic (exact) mass is 285 g/mol. The van der Waals surface area contributed by atoms with Crippen LogP contribution in [0.25, 0.3) is 0 Å². The third-order valence-electron chi connectivity index (χ3n) is 2.53. The average molecular weight is 285 g/mol. The Hall–Kier alpha value is -2.40. The predicted octanol–water partition coefficient (Wildman–Crippen LogP) is 2.43. The number of benzene rings is 2. The summed E-state index contributed by atoms with van der Waals surface area (Å²) >= 11 is 4.68. The molecule has 0 aromatic heterocycles. The number of hydrogen-bond acceptors (Lipinski definition) is 3. The third-order valence-corrected chi connectivity index (χ3v) is 2.63. The van der Waals surface area contributed by atoms with E-state index in [1.54, 1.807) is 6.21 Å². The van der Waals surface area contributed by atoms with Crippen LogP contribution in [0.1, 0.15) is 11.1 Å². The van der Waals surface area contributed by atoms with Gasteiger partial charge in [-0.2, -0.15) is 5.10 Å². The molecule has 0 fully saturated rings. The molecule has 0 amide bonds. The highest BCUT2D eigenvalue weighted by Crippen LogP contribution is 2.17. The molecule has 0 aliphatic rings. The normalized spacial score (nSPS) is 10.4. The van der Waals surface area contributed by atoms with Crippen molar-refractivity contribution in [1.29, 1.82) is 0 Å². The Morgan fingerprint density at radius 2 is 1.85 bits per heavy atom. The Labute approximate surface area is 123 Å². The predicted molar refractivity (Wildman–Crippen MR) is 84.7 cm³/mol. The maximum Gasteiger partial charge on any atom is 0.184 e. The van der Waals surface area contributed by atoms with Gasteiger partial charge < -0.3 is 10.5 Å². The van der Waals surface area contributed by atoms with Crippen LogP contribution >= 0.6 is 12.2 Å². The molecule has 2 aromatic rings. The molecule has 2 rings (SSSR count). The molecule has 0 aliphatic heterocycles. The van der Waals surface area contributed by atoms with Gasteiger partial charge in [-0.15, -0.1) is 0 Å². The highest BCUT2D eigenvalue weighted by molar-refractivity contribution is 7.80. The molecule has 2 aromatic carbocycles. The van der Waals surface area contributed by atoms with Crippen molar-refractivity contribution in [2.24, 2.45) is 10.8 Å². The Balaban J connectivity index is 2.04. The molecule has 0 saturated heterocycles. The minimum absolute atomic E-state index is 0.129. The quantitative estimate of drug-likeness (QED) is 0.503. The third kappa shape index (κ3) is 4.37. The van der Waals surface area contributed by atoms with Gasteiger partial charge in [-0.05, 0) is 29.9 Å². The molecule has 0 bridgehead atoms. The van der Waals surface area contributed by atoms with Crippen molar-refractivity contribution < 1.29 is 4.74 Å². The van der Waals surface area contributed by atoms with Crippen molar-refractivity contribution in [2.45, 2.75) is 6.61 Å². The molecule has 0 saturated carbocycles. The Morgan fingerprint density at radius 1 is 1.15 bits per heavy atom. The molecule has 0 aliphatic carbocycles. The summed E-state index contributed by atoms with van der Waals surface area (Å²) in [4.78, 5) is 0. The van der Waals surface area contributed by atoms with Gasteiger partial charge in [-0.1, -0.05) is 42.5 Å². The second kappa shape index (κ2) is 7.25. The van der Waals surface area contributed by atoms with Gasteiger partial charge in [0.2, 0.25) is 0 Å². The molecule has 0 heterocycles. The molecule has 3 N–H and O–H groups in total. The van der Waals surface area contributed by atoms with Gasteiger partial charge in [-0.25, -0.2) is 0 Å². The lowest BCUT2D eigenvalue weighted by Gasteiger charge is -2.08. The lowest BCUT2D eigenvalue weighted by atomic mass is 10.2. The smallest absolute Gasteiger partial charge is 0.184 e. The summed E-state index contributed by atoms with van der Waals surface area (Å²) in [7, 11) is 0. The highest BCUT2D eigenvalue weighted by Gasteiger charge is 2.01. The molecular weight excluding hydrogens is 270 g/mol. The minimum Gasteiger partial charge on any atom is -0.488 e. The van der Waals surface area contributed by atoms with Gasteiger partial charge in [0.25, 0.3) is 0 Å². The summed E-state index contributed by atoms with van der Waals surface area (Å²) in [6.45, 7) is 0.508. The second-order valence-corrected chi connectivity index (χ2v) is 4.49. The lowest BCUT2D eigenvalue weighted by molar-refractivity contribution is 0.306. The van der Waals surface area contributed by atoms with E-state index in [9.17, 15) is 0 Å². The molecule has 0 spiro atoms. The van der Waals surface area contributed by atoms with Crippen molar-refractivity contribution in [3.63, 3.8) is 0 Å². The Bertz CT molecular complexity index is 599. The van der Waals surface area contributed by atoms with Crippen LogP contribution in [0.4, 0.5) is 0 Å². The first-order valence-electron chi connectivity index (χ1n) is 6.10. The number of nitrogens with zero attached hydrogens (tertiary/aromatic N) is 1. The molecule has 20 heavy (non-hydrogen) atoms. The van der Waals surface area contributed by atoms with E-state index < -0.39 is 0 Å². The number of hydrogen-bond donors (Lipinski definition) is 2. The van der Waals surface area contributed by atoms with Crippen molar-refractivity contribution in [1.82, 2.24) is 5.43 Å². The molecule has 5 heteroatoms. The fourth-order valence-corrected chi connectivity index (χ4v) is 1.67. The zero-order valence-electron chi connectivity index (χ0n) is 10.8. The van der Waals surface area contributed by atoms with E-state index in [1.165, 1.54) is 0 Å². The van der Waals surface area contributed by atoms with Gasteiger partial charge in [0, 0.05) is 5.56 Å². The van der Waals surface area contributed by atoms with Gasteiger partial charge in [0.15, 0.2) is 5.11 Å². The van der Waals surface area contributed by atoms with Crippen molar-refractivity contribution in [2.75, 3.05) is 0 Å². The highest BCUT2D eigenvalue weighted by atomic mass is 32.1. The summed E-state index contributed by atoms with van der Waals surface area (Å²) in [6.07, 6.45) is 1.62. The van der Waals surface area contributed by atoms with Crippen LogP contribution in [-0.2, 0) is 6.61 Å².